The van der Waals surface area contributed by atoms with E-state index in [9.17, 15) is 9.59 Å². The van der Waals surface area contributed by atoms with E-state index in [4.69, 9.17) is 4.74 Å². The zero-order chi connectivity index (χ0) is 18.1. The molecule has 1 atom stereocenters. The zero-order valence-corrected chi connectivity index (χ0v) is 16.5. The summed E-state index contributed by atoms with van der Waals surface area (Å²) in [6.45, 7) is 0.0694. The van der Waals surface area contributed by atoms with Crippen LogP contribution in [0.1, 0.15) is 32.1 Å². The maximum Gasteiger partial charge on any atom is 0.243 e. The number of anilines is 1. The highest BCUT2D eigenvalue weighted by Crippen LogP contribution is 2.39. The Morgan fingerprint density at radius 1 is 1.28 bits per heavy atom. The summed E-state index contributed by atoms with van der Waals surface area (Å²) in [5, 5.41) is 3.55. The van der Waals surface area contributed by atoms with Gasteiger partial charge in [0, 0.05) is 30.2 Å². The molecular formula is C18H26N2O3S2. The van der Waals surface area contributed by atoms with Gasteiger partial charge in [-0.15, -0.1) is 0 Å². The number of nitrogens with one attached hydrogen (secondary N) is 1. The number of nitrogens with zero attached hydrogens (tertiary/aromatic N) is 1. The van der Waals surface area contributed by atoms with E-state index < -0.39 is 0 Å². The van der Waals surface area contributed by atoms with Gasteiger partial charge in [-0.2, -0.15) is 0 Å². The third kappa shape index (κ3) is 7.20. The molecule has 1 heterocycles. The van der Waals surface area contributed by atoms with E-state index in [-0.39, 0.29) is 18.4 Å². The second-order valence-electron chi connectivity index (χ2n) is 6.10. The van der Waals surface area contributed by atoms with Gasteiger partial charge < -0.3 is 15.0 Å². The summed E-state index contributed by atoms with van der Waals surface area (Å²) in [5.41, 5.74) is 0.693. The quantitative estimate of drug-likeness (QED) is 0.520. The molecule has 1 fully saturated rings. The highest BCUT2D eigenvalue weighted by Gasteiger charge is 2.17. The fraction of sp³-hybridized carbons (Fsp3) is 0.556. The molecule has 0 spiro atoms. The summed E-state index contributed by atoms with van der Waals surface area (Å²) < 4.78 is 5.08. The van der Waals surface area contributed by atoms with Crippen molar-refractivity contribution < 1.29 is 14.3 Å². The molecule has 2 amide bonds. The van der Waals surface area contributed by atoms with Crippen molar-refractivity contribution >= 4 is 39.1 Å². The van der Waals surface area contributed by atoms with E-state index in [0.29, 0.717) is 12.1 Å². The lowest BCUT2D eigenvalue weighted by Crippen LogP contribution is -2.34. The number of ether oxygens (including phenoxy) is 1. The lowest BCUT2D eigenvalue weighted by Gasteiger charge is -2.17. The number of unbranched alkanes of at least 4 members (excludes halogenated alkanes) is 1. The highest BCUT2D eigenvalue weighted by atomic mass is 33.1. The van der Waals surface area contributed by atoms with Crippen LogP contribution in [0.15, 0.2) is 24.3 Å². The molecule has 7 heteroatoms. The van der Waals surface area contributed by atoms with Gasteiger partial charge in [-0.25, -0.2) is 0 Å². The summed E-state index contributed by atoms with van der Waals surface area (Å²) in [4.78, 5) is 25.7. The Bertz CT molecular complexity index is 560. The van der Waals surface area contributed by atoms with E-state index in [1.807, 2.05) is 21.6 Å². The van der Waals surface area contributed by atoms with Gasteiger partial charge in [0.15, 0.2) is 0 Å². The first-order valence-corrected chi connectivity index (χ1v) is 10.9. The number of hydrogen-bond acceptors (Lipinski definition) is 5. The predicted molar refractivity (Wildman–Crippen MR) is 106 cm³/mol. The number of hydrogen-bond donors (Lipinski definition) is 1. The van der Waals surface area contributed by atoms with Gasteiger partial charge in [0.1, 0.15) is 5.75 Å². The zero-order valence-electron chi connectivity index (χ0n) is 14.8. The number of likely N-dealkylation sites (N-methyl/N-ethyl adjacent to an activating group) is 1. The standard InChI is InChI=1S/C18H26N2O3S2/c1-20(18(22)6-4-3-5-16-11-12-24-25-16)13-17(21)19-14-7-9-15(23-2)10-8-14/h7-10,16H,3-6,11-13H2,1-2H3,(H,19,21)/t16-/m1/s1. The van der Waals surface area contributed by atoms with Crippen LogP contribution in [0.4, 0.5) is 5.69 Å². The first-order valence-electron chi connectivity index (χ1n) is 8.54. The fourth-order valence-corrected chi connectivity index (χ4v) is 5.61. The van der Waals surface area contributed by atoms with Gasteiger partial charge in [0.25, 0.3) is 0 Å². The number of methoxy groups -OCH3 is 1. The minimum Gasteiger partial charge on any atom is -0.497 e. The normalized spacial score (nSPS) is 16.5. The Morgan fingerprint density at radius 3 is 2.68 bits per heavy atom. The second kappa shape index (κ2) is 10.6. The number of amides is 2. The summed E-state index contributed by atoms with van der Waals surface area (Å²) in [6, 6.07) is 7.12. The molecule has 0 radical (unpaired) electrons. The highest BCUT2D eigenvalue weighted by molar-refractivity contribution is 8.77. The van der Waals surface area contributed by atoms with Gasteiger partial charge in [-0.3, -0.25) is 9.59 Å². The monoisotopic (exact) mass is 382 g/mol. The maximum absolute atomic E-state index is 12.1. The van der Waals surface area contributed by atoms with Crippen molar-refractivity contribution in [1.29, 1.82) is 0 Å². The van der Waals surface area contributed by atoms with Crippen molar-refractivity contribution in [2.24, 2.45) is 0 Å². The average Bonchev–Trinajstić information content (AvgIpc) is 3.12. The minimum atomic E-state index is -0.194. The van der Waals surface area contributed by atoms with Crippen molar-refractivity contribution in [2.75, 3.05) is 31.8 Å². The maximum atomic E-state index is 12.1. The van der Waals surface area contributed by atoms with Gasteiger partial charge in [0.05, 0.1) is 13.7 Å². The first kappa shape index (κ1) is 20.0. The van der Waals surface area contributed by atoms with Crippen molar-refractivity contribution in [3.63, 3.8) is 0 Å². The molecule has 5 nitrogen and oxygen atoms in total. The Kier molecular flexibility index (Phi) is 8.48. The van der Waals surface area contributed by atoms with E-state index >= 15 is 0 Å². The Labute approximate surface area is 157 Å². The summed E-state index contributed by atoms with van der Waals surface area (Å²) in [5.74, 6) is 1.82. The lowest BCUT2D eigenvalue weighted by atomic mass is 10.1. The van der Waals surface area contributed by atoms with Crippen LogP contribution in [0.25, 0.3) is 0 Å². The Balaban J connectivity index is 1.63. The van der Waals surface area contributed by atoms with Crippen LogP contribution < -0.4 is 10.1 Å². The summed E-state index contributed by atoms with van der Waals surface area (Å²) in [7, 11) is 7.21. The number of rotatable bonds is 9. The van der Waals surface area contributed by atoms with Crippen LogP contribution in [0.3, 0.4) is 0 Å². The molecule has 138 valence electrons. The van der Waals surface area contributed by atoms with Crippen molar-refractivity contribution in [1.82, 2.24) is 4.90 Å². The SMILES string of the molecule is COc1ccc(NC(=O)CN(C)C(=O)CCCC[C@@H]2CCSS2)cc1. The van der Waals surface area contributed by atoms with E-state index in [0.717, 1.165) is 23.8 Å². The van der Waals surface area contributed by atoms with Crippen LogP contribution in [-0.2, 0) is 9.59 Å². The van der Waals surface area contributed by atoms with E-state index in [1.54, 1.807) is 38.4 Å². The molecule has 0 saturated carbocycles. The molecule has 1 aliphatic rings. The third-order valence-corrected chi connectivity index (χ3v) is 7.08. The van der Waals surface area contributed by atoms with Gasteiger partial charge in [-0.05, 0) is 43.5 Å². The number of carbonyl (C=O) groups excluding carboxylic acids is 2. The number of carbonyl (C=O) groups is 2. The smallest absolute Gasteiger partial charge is 0.243 e. The molecule has 0 unspecified atom stereocenters. The third-order valence-electron chi connectivity index (χ3n) is 4.07. The predicted octanol–water partition coefficient (Wildman–Crippen LogP) is 3.81. The average molecular weight is 383 g/mol. The molecule has 0 aromatic heterocycles. The van der Waals surface area contributed by atoms with Crippen molar-refractivity contribution in [2.45, 2.75) is 37.4 Å². The molecule has 25 heavy (non-hydrogen) atoms. The van der Waals surface area contributed by atoms with E-state index in [2.05, 4.69) is 5.32 Å². The summed E-state index contributed by atoms with van der Waals surface area (Å²) >= 11 is 0. The van der Waals surface area contributed by atoms with Crippen LogP contribution >= 0.6 is 21.6 Å². The summed E-state index contributed by atoms with van der Waals surface area (Å²) in [6.07, 6.45) is 4.96. The van der Waals surface area contributed by atoms with Gasteiger partial charge in [0.2, 0.25) is 11.8 Å². The minimum absolute atomic E-state index is 0.0262. The topological polar surface area (TPSA) is 58.6 Å². The molecule has 0 aliphatic carbocycles. The molecule has 1 saturated heterocycles. The van der Waals surface area contributed by atoms with Crippen molar-refractivity contribution in [3.05, 3.63) is 24.3 Å². The Hall–Kier alpha value is -1.34. The Morgan fingerprint density at radius 2 is 2.04 bits per heavy atom. The van der Waals surface area contributed by atoms with Gasteiger partial charge >= 0.3 is 0 Å². The van der Waals surface area contributed by atoms with Crippen molar-refractivity contribution in [3.8, 4) is 5.75 Å². The first-order chi connectivity index (χ1) is 12.1. The number of benzene rings is 1. The lowest BCUT2D eigenvalue weighted by molar-refractivity contribution is -0.133. The molecule has 1 aromatic carbocycles. The molecule has 1 aromatic rings. The molecule has 0 bridgehead atoms. The molecule has 1 N–H and O–H groups in total. The van der Waals surface area contributed by atoms with Crippen LogP contribution in [-0.4, -0.2) is 48.4 Å². The van der Waals surface area contributed by atoms with Crippen LogP contribution in [0, 0.1) is 0 Å². The van der Waals surface area contributed by atoms with Crippen LogP contribution in [0.2, 0.25) is 0 Å². The second-order valence-corrected chi connectivity index (χ2v) is 8.89. The fourth-order valence-electron chi connectivity index (χ4n) is 2.58. The van der Waals surface area contributed by atoms with E-state index in [1.165, 1.54) is 23.5 Å². The molecule has 2 rings (SSSR count). The van der Waals surface area contributed by atoms with Gasteiger partial charge in [-0.1, -0.05) is 28.0 Å². The van der Waals surface area contributed by atoms with Crippen LogP contribution in [0.5, 0.6) is 5.75 Å². The largest absolute Gasteiger partial charge is 0.497 e. The molecule has 1 aliphatic heterocycles. The molecular weight excluding hydrogens is 356 g/mol.